The van der Waals surface area contributed by atoms with Gasteiger partial charge in [0.05, 0.1) is 5.69 Å². The van der Waals surface area contributed by atoms with Crippen molar-refractivity contribution >= 4 is 11.6 Å². The van der Waals surface area contributed by atoms with E-state index in [1.54, 1.807) is 6.20 Å². The van der Waals surface area contributed by atoms with E-state index >= 15 is 0 Å². The van der Waals surface area contributed by atoms with Gasteiger partial charge in [-0.2, -0.15) is 0 Å². The maximum absolute atomic E-state index is 11.3. The molecule has 0 bridgehead atoms. The van der Waals surface area contributed by atoms with Crippen molar-refractivity contribution in [2.24, 2.45) is 0 Å². The number of hydrogen-bond acceptors (Lipinski definition) is 4. The number of aryl methyl sites for hydroxylation is 1. The standard InChI is InChI=1S/C16H17N3O2/c1-11-7-17-5-4-13(11)9-18-8-12-2-3-15-14(6-12)19-16(20)10-21-15/h2-7,18H,8-10H2,1H3,(H,19,20). The van der Waals surface area contributed by atoms with E-state index in [1.807, 2.05) is 30.5 Å². The number of fused-ring (bicyclic) bond motifs is 1. The Balaban J connectivity index is 1.62. The number of ether oxygens (including phenoxy) is 1. The van der Waals surface area contributed by atoms with Gasteiger partial charge in [-0.3, -0.25) is 9.78 Å². The SMILES string of the molecule is Cc1cnccc1CNCc1ccc2c(c1)NC(=O)CO2. The van der Waals surface area contributed by atoms with Crippen LogP contribution in [0.5, 0.6) is 5.75 Å². The first-order valence-corrected chi connectivity index (χ1v) is 6.88. The second-order valence-electron chi connectivity index (χ2n) is 5.07. The smallest absolute Gasteiger partial charge is 0.262 e. The number of anilines is 1. The lowest BCUT2D eigenvalue weighted by Gasteiger charge is -2.18. The normalized spacial score (nSPS) is 13.3. The van der Waals surface area contributed by atoms with Crippen LogP contribution in [0.4, 0.5) is 5.69 Å². The van der Waals surface area contributed by atoms with Crippen molar-refractivity contribution in [2.75, 3.05) is 11.9 Å². The van der Waals surface area contributed by atoms with Crippen molar-refractivity contribution in [3.63, 3.8) is 0 Å². The van der Waals surface area contributed by atoms with Gasteiger partial charge in [0, 0.05) is 25.5 Å². The molecule has 1 aromatic heterocycles. The van der Waals surface area contributed by atoms with Crippen LogP contribution in [0, 0.1) is 6.92 Å². The zero-order valence-electron chi connectivity index (χ0n) is 11.8. The van der Waals surface area contributed by atoms with E-state index in [-0.39, 0.29) is 12.5 Å². The van der Waals surface area contributed by atoms with Crippen LogP contribution in [0.3, 0.4) is 0 Å². The van der Waals surface area contributed by atoms with Crippen molar-refractivity contribution < 1.29 is 9.53 Å². The third kappa shape index (κ3) is 3.20. The number of aromatic nitrogens is 1. The Morgan fingerprint density at radius 3 is 3.10 bits per heavy atom. The minimum Gasteiger partial charge on any atom is -0.482 e. The molecule has 1 aliphatic rings. The highest BCUT2D eigenvalue weighted by Gasteiger charge is 2.15. The summed E-state index contributed by atoms with van der Waals surface area (Å²) in [5.41, 5.74) is 4.26. The minimum absolute atomic E-state index is 0.0892. The van der Waals surface area contributed by atoms with E-state index in [1.165, 1.54) is 11.1 Å². The zero-order valence-corrected chi connectivity index (χ0v) is 11.8. The van der Waals surface area contributed by atoms with E-state index < -0.39 is 0 Å². The molecule has 108 valence electrons. The van der Waals surface area contributed by atoms with Crippen LogP contribution in [0.25, 0.3) is 0 Å². The highest BCUT2D eigenvalue weighted by Crippen LogP contribution is 2.28. The molecule has 0 fully saturated rings. The van der Waals surface area contributed by atoms with Gasteiger partial charge < -0.3 is 15.4 Å². The van der Waals surface area contributed by atoms with Crippen molar-refractivity contribution in [3.05, 3.63) is 53.3 Å². The molecule has 0 radical (unpaired) electrons. The lowest BCUT2D eigenvalue weighted by atomic mass is 10.1. The third-order valence-corrected chi connectivity index (χ3v) is 3.46. The molecule has 0 saturated carbocycles. The largest absolute Gasteiger partial charge is 0.482 e. The molecule has 21 heavy (non-hydrogen) atoms. The molecule has 2 N–H and O–H groups in total. The molecule has 3 rings (SSSR count). The fourth-order valence-corrected chi connectivity index (χ4v) is 2.28. The summed E-state index contributed by atoms with van der Waals surface area (Å²) in [6.07, 6.45) is 3.67. The first-order valence-electron chi connectivity index (χ1n) is 6.88. The monoisotopic (exact) mass is 283 g/mol. The molecule has 2 aromatic rings. The summed E-state index contributed by atoms with van der Waals surface area (Å²) in [6.45, 7) is 3.65. The highest BCUT2D eigenvalue weighted by atomic mass is 16.5. The van der Waals surface area contributed by atoms with Crippen molar-refractivity contribution in [2.45, 2.75) is 20.0 Å². The Morgan fingerprint density at radius 1 is 1.33 bits per heavy atom. The number of nitrogens with one attached hydrogen (secondary N) is 2. The molecular formula is C16H17N3O2. The lowest BCUT2D eigenvalue weighted by molar-refractivity contribution is -0.118. The Bertz CT molecular complexity index is 670. The molecular weight excluding hydrogens is 266 g/mol. The summed E-state index contributed by atoms with van der Waals surface area (Å²) < 4.78 is 5.34. The van der Waals surface area contributed by atoms with Crippen LogP contribution in [0.2, 0.25) is 0 Å². The summed E-state index contributed by atoms with van der Waals surface area (Å²) in [7, 11) is 0. The van der Waals surface area contributed by atoms with Crippen LogP contribution >= 0.6 is 0 Å². The molecule has 5 nitrogen and oxygen atoms in total. The first kappa shape index (κ1) is 13.6. The van der Waals surface area contributed by atoms with Crippen LogP contribution in [0.1, 0.15) is 16.7 Å². The number of carbonyl (C=O) groups excluding carboxylic acids is 1. The molecule has 1 aliphatic heterocycles. The van der Waals surface area contributed by atoms with Crippen LogP contribution < -0.4 is 15.4 Å². The van der Waals surface area contributed by atoms with Crippen molar-refractivity contribution in [1.82, 2.24) is 10.3 Å². The average molecular weight is 283 g/mol. The summed E-state index contributed by atoms with van der Waals surface area (Å²) in [5.74, 6) is 0.614. The minimum atomic E-state index is -0.111. The number of nitrogens with zero attached hydrogens (tertiary/aromatic N) is 1. The second-order valence-corrected chi connectivity index (χ2v) is 5.07. The van der Waals surface area contributed by atoms with Gasteiger partial charge in [-0.15, -0.1) is 0 Å². The van der Waals surface area contributed by atoms with Crippen LogP contribution in [-0.2, 0) is 17.9 Å². The van der Waals surface area contributed by atoms with Gasteiger partial charge in [-0.05, 0) is 41.8 Å². The summed E-state index contributed by atoms with van der Waals surface area (Å²) in [4.78, 5) is 15.4. The predicted molar refractivity (Wildman–Crippen MR) is 80.1 cm³/mol. The number of rotatable bonds is 4. The second kappa shape index (κ2) is 5.93. The maximum atomic E-state index is 11.3. The summed E-state index contributed by atoms with van der Waals surface area (Å²) in [5, 5.41) is 6.21. The fourth-order valence-electron chi connectivity index (χ4n) is 2.28. The van der Waals surface area contributed by atoms with Crippen molar-refractivity contribution in [3.8, 4) is 5.75 Å². The van der Waals surface area contributed by atoms with E-state index in [0.717, 1.165) is 30.1 Å². The Kier molecular flexibility index (Phi) is 3.83. The zero-order chi connectivity index (χ0) is 14.7. The van der Waals surface area contributed by atoms with Gasteiger partial charge in [0.1, 0.15) is 5.75 Å². The Morgan fingerprint density at radius 2 is 2.24 bits per heavy atom. The Labute approximate surface area is 123 Å². The van der Waals surface area contributed by atoms with Crippen LogP contribution in [-0.4, -0.2) is 17.5 Å². The van der Waals surface area contributed by atoms with Gasteiger partial charge >= 0.3 is 0 Å². The molecule has 5 heteroatoms. The van der Waals surface area contributed by atoms with E-state index in [0.29, 0.717) is 0 Å². The predicted octanol–water partition coefficient (Wildman–Crippen LogP) is 2.01. The van der Waals surface area contributed by atoms with Gasteiger partial charge in [-0.1, -0.05) is 6.07 Å². The van der Waals surface area contributed by atoms with Gasteiger partial charge in [0.15, 0.2) is 6.61 Å². The van der Waals surface area contributed by atoms with E-state index in [9.17, 15) is 4.79 Å². The Hall–Kier alpha value is -2.40. The first-order chi connectivity index (χ1) is 10.2. The quantitative estimate of drug-likeness (QED) is 0.901. The lowest BCUT2D eigenvalue weighted by Crippen LogP contribution is -2.25. The average Bonchev–Trinajstić information content (AvgIpc) is 2.49. The molecule has 1 amide bonds. The molecule has 0 unspecified atom stereocenters. The molecule has 0 spiro atoms. The molecule has 0 saturated heterocycles. The van der Waals surface area contributed by atoms with Gasteiger partial charge in [0.2, 0.25) is 0 Å². The number of pyridine rings is 1. The highest BCUT2D eigenvalue weighted by molar-refractivity contribution is 5.95. The topological polar surface area (TPSA) is 63.2 Å². The van der Waals surface area contributed by atoms with Gasteiger partial charge in [0.25, 0.3) is 5.91 Å². The molecule has 1 aromatic carbocycles. The van der Waals surface area contributed by atoms with E-state index in [2.05, 4.69) is 22.5 Å². The fraction of sp³-hybridized carbons (Fsp3) is 0.250. The summed E-state index contributed by atoms with van der Waals surface area (Å²) >= 11 is 0. The number of amides is 1. The number of benzene rings is 1. The number of carbonyl (C=O) groups is 1. The summed E-state index contributed by atoms with van der Waals surface area (Å²) in [6, 6.07) is 7.86. The maximum Gasteiger partial charge on any atom is 0.262 e. The number of hydrogen-bond donors (Lipinski definition) is 2. The third-order valence-electron chi connectivity index (χ3n) is 3.46. The van der Waals surface area contributed by atoms with E-state index in [4.69, 9.17) is 4.74 Å². The molecule has 0 aliphatic carbocycles. The van der Waals surface area contributed by atoms with Crippen molar-refractivity contribution in [1.29, 1.82) is 0 Å². The molecule has 0 atom stereocenters. The van der Waals surface area contributed by atoms with Crippen LogP contribution in [0.15, 0.2) is 36.7 Å². The van der Waals surface area contributed by atoms with Gasteiger partial charge in [-0.25, -0.2) is 0 Å². The molecule has 2 heterocycles.